The number of carboxylic acids is 1. The quantitative estimate of drug-likeness (QED) is 0.790. The van der Waals surface area contributed by atoms with Gasteiger partial charge in [0.2, 0.25) is 0 Å². The molecule has 1 rings (SSSR count). The Morgan fingerprint density at radius 1 is 1.11 bits per heavy atom. The fourth-order valence-electron chi connectivity index (χ4n) is 3.00. The highest BCUT2D eigenvalue weighted by Crippen LogP contribution is 2.49. The number of carbonyl (C=O) groups is 1. The maximum absolute atomic E-state index is 11.7. The summed E-state index contributed by atoms with van der Waals surface area (Å²) in [5.41, 5.74) is -1.29. The molecule has 0 heterocycles. The average Bonchev–Trinajstić information content (AvgIpc) is 2.32. The second-order valence-corrected chi connectivity index (χ2v) is 6.86. The van der Waals surface area contributed by atoms with E-state index in [2.05, 4.69) is 13.8 Å². The maximum Gasteiger partial charge on any atom is 0.309 e. The molecule has 0 atom stereocenters. The molecule has 106 valence electrons. The van der Waals surface area contributed by atoms with Crippen LogP contribution in [0.2, 0.25) is 0 Å². The Hall–Kier alpha value is -0.570. The van der Waals surface area contributed by atoms with Gasteiger partial charge in [0.05, 0.1) is 11.0 Å². The van der Waals surface area contributed by atoms with Gasteiger partial charge in [0.1, 0.15) is 0 Å². The Morgan fingerprint density at radius 3 is 1.89 bits per heavy atom. The fraction of sp³-hybridized carbons (Fsp3) is 0.933. The Bertz CT molecular complexity index is 293. The van der Waals surface area contributed by atoms with Gasteiger partial charge in [0.25, 0.3) is 0 Å². The lowest BCUT2D eigenvalue weighted by Crippen LogP contribution is -2.44. The predicted molar refractivity (Wildman–Crippen MR) is 72.5 cm³/mol. The van der Waals surface area contributed by atoms with E-state index in [0.717, 1.165) is 12.8 Å². The van der Waals surface area contributed by atoms with Crippen LogP contribution in [0.25, 0.3) is 0 Å². The third-order valence-corrected chi connectivity index (χ3v) is 5.00. The van der Waals surface area contributed by atoms with E-state index in [0.29, 0.717) is 32.1 Å². The van der Waals surface area contributed by atoms with Crippen molar-refractivity contribution in [2.45, 2.75) is 78.2 Å². The summed E-state index contributed by atoms with van der Waals surface area (Å²) >= 11 is 0. The van der Waals surface area contributed by atoms with Gasteiger partial charge in [-0.3, -0.25) is 4.79 Å². The first kappa shape index (κ1) is 15.5. The van der Waals surface area contributed by atoms with Crippen molar-refractivity contribution in [2.75, 3.05) is 0 Å². The highest BCUT2D eigenvalue weighted by Gasteiger charge is 2.47. The van der Waals surface area contributed by atoms with Crippen LogP contribution in [0.15, 0.2) is 0 Å². The maximum atomic E-state index is 11.7. The van der Waals surface area contributed by atoms with Crippen molar-refractivity contribution in [1.29, 1.82) is 0 Å². The molecule has 1 aliphatic rings. The number of aliphatic hydroxyl groups is 1. The Balaban J connectivity index is 2.87. The van der Waals surface area contributed by atoms with E-state index in [4.69, 9.17) is 0 Å². The molecule has 0 aromatic carbocycles. The molecular weight excluding hydrogens is 228 g/mol. The van der Waals surface area contributed by atoms with Crippen LogP contribution < -0.4 is 0 Å². The van der Waals surface area contributed by atoms with Crippen molar-refractivity contribution in [3.05, 3.63) is 0 Å². The molecule has 0 aliphatic heterocycles. The van der Waals surface area contributed by atoms with Crippen molar-refractivity contribution in [1.82, 2.24) is 0 Å². The molecule has 3 heteroatoms. The summed E-state index contributed by atoms with van der Waals surface area (Å²) in [5.74, 6) is -0.724. The molecule has 18 heavy (non-hydrogen) atoms. The van der Waals surface area contributed by atoms with E-state index in [-0.39, 0.29) is 5.41 Å². The largest absolute Gasteiger partial charge is 0.481 e. The topological polar surface area (TPSA) is 57.5 Å². The van der Waals surface area contributed by atoms with Gasteiger partial charge in [0, 0.05) is 0 Å². The molecule has 0 unspecified atom stereocenters. The van der Waals surface area contributed by atoms with E-state index >= 15 is 0 Å². The molecule has 0 spiro atoms. The Kier molecular flexibility index (Phi) is 4.47. The van der Waals surface area contributed by atoms with Crippen LogP contribution in [-0.2, 0) is 4.79 Å². The Morgan fingerprint density at radius 2 is 1.56 bits per heavy atom. The minimum Gasteiger partial charge on any atom is -0.481 e. The highest BCUT2D eigenvalue weighted by molar-refractivity contribution is 5.75. The zero-order valence-corrected chi connectivity index (χ0v) is 12.3. The molecule has 0 saturated heterocycles. The molecule has 0 aromatic heterocycles. The van der Waals surface area contributed by atoms with Gasteiger partial charge < -0.3 is 10.2 Å². The average molecular weight is 256 g/mol. The second kappa shape index (κ2) is 5.20. The molecule has 1 aliphatic carbocycles. The van der Waals surface area contributed by atoms with Crippen molar-refractivity contribution >= 4 is 5.97 Å². The number of rotatable bonds is 5. The number of aliphatic carboxylic acids is 1. The molecule has 0 amide bonds. The minimum atomic E-state index is -0.820. The van der Waals surface area contributed by atoms with Gasteiger partial charge in [-0.1, -0.05) is 27.7 Å². The summed E-state index contributed by atoms with van der Waals surface area (Å²) in [6.45, 7) is 8.27. The van der Waals surface area contributed by atoms with Crippen LogP contribution in [0.1, 0.15) is 72.6 Å². The van der Waals surface area contributed by atoms with Crippen molar-refractivity contribution < 1.29 is 15.0 Å². The molecule has 3 nitrogen and oxygen atoms in total. The lowest BCUT2D eigenvalue weighted by Gasteiger charge is -2.44. The summed E-state index contributed by atoms with van der Waals surface area (Å²) in [7, 11) is 0. The minimum absolute atomic E-state index is 0.246. The van der Waals surface area contributed by atoms with Gasteiger partial charge in [-0.25, -0.2) is 0 Å². The first-order chi connectivity index (χ1) is 8.19. The molecule has 2 N–H and O–H groups in total. The van der Waals surface area contributed by atoms with Crippen LogP contribution >= 0.6 is 0 Å². The van der Waals surface area contributed by atoms with Gasteiger partial charge >= 0.3 is 5.97 Å². The van der Waals surface area contributed by atoms with Gasteiger partial charge in [0.15, 0.2) is 0 Å². The predicted octanol–water partition coefficient (Wildman–Crippen LogP) is 3.60. The molecule has 0 radical (unpaired) electrons. The summed E-state index contributed by atoms with van der Waals surface area (Å²) < 4.78 is 0. The van der Waals surface area contributed by atoms with Crippen molar-refractivity contribution in [3.63, 3.8) is 0 Å². The summed E-state index contributed by atoms with van der Waals surface area (Å²) in [6.07, 6.45) is 4.91. The third-order valence-electron chi connectivity index (χ3n) is 5.00. The second-order valence-electron chi connectivity index (χ2n) is 6.86. The van der Waals surface area contributed by atoms with Gasteiger partial charge in [-0.2, -0.15) is 0 Å². The molecule has 0 aromatic rings. The van der Waals surface area contributed by atoms with E-state index in [1.165, 1.54) is 0 Å². The fourth-order valence-corrected chi connectivity index (χ4v) is 3.00. The first-order valence-electron chi connectivity index (χ1n) is 7.14. The number of hydrogen-bond acceptors (Lipinski definition) is 2. The smallest absolute Gasteiger partial charge is 0.309 e. The highest BCUT2D eigenvalue weighted by atomic mass is 16.4. The Labute approximate surface area is 111 Å². The van der Waals surface area contributed by atoms with Crippen LogP contribution in [0.4, 0.5) is 0 Å². The molecule has 0 bridgehead atoms. The summed E-state index contributed by atoms with van der Waals surface area (Å²) in [6, 6.07) is 0. The van der Waals surface area contributed by atoms with Gasteiger partial charge in [-0.15, -0.1) is 0 Å². The van der Waals surface area contributed by atoms with E-state index < -0.39 is 17.0 Å². The van der Waals surface area contributed by atoms with E-state index in [9.17, 15) is 15.0 Å². The van der Waals surface area contributed by atoms with E-state index in [1.54, 1.807) is 0 Å². The standard InChI is InChI=1S/C15H28O3/c1-5-15(18,6-2)11-14(12(16)17)9-7-13(3,4)8-10-14/h18H,5-11H2,1-4H3,(H,16,17). The lowest BCUT2D eigenvalue weighted by molar-refractivity contribution is -0.158. The normalized spacial score (nSPS) is 22.7. The summed E-state index contributed by atoms with van der Waals surface area (Å²) in [5, 5.41) is 20.1. The number of hydrogen-bond donors (Lipinski definition) is 2. The summed E-state index contributed by atoms with van der Waals surface area (Å²) in [4.78, 5) is 11.7. The zero-order valence-electron chi connectivity index (χ0n) is 12.3. The lowest BCUT2D eigenvalue weighted by atomic mass is 9.61. The monoisotopic (exact) mass is 256 g/mol. The van der Waals surface area contributed by atoms with Gasteiger partial charge in [-0.05, 0) is 50.4 Å². The third kappa shape index (κ3) is 3.25. The van der Waals surface area contributed by atoms with Crippen LogP contribution in [-0.4, -0.2) is 21.8 Å². The molecular formula is C15H28O3. The molecule has 1 saturated carbocycles. The van der Waals surface area contributed by atoms with Crippen LogP contribution in [0.5, 0.6) is 0 Å². The van der Waals surface area contributed by atoms with Crippen LogP contribution in [0.3, 0.4) is 0 Å². The van der Waals surface area contributed by atoms with Crippen molar-refractivity contribution in [2.24, 2.45) is 10.8 Å². The van der Waals surface area contributed by atoms with E-state index in [1.807, 2.05) is 13.8 Å². The number of carboxylic acid groups (broad SMARTS) is 1. The van der Waals surface area contributed by atoms with Crippen molar-refractivity contribution in [3.8, 4) is 0 Å². The first-order valence-corrected chi connectivity index (χ1v) is 7.14. The zero-order chi connectivity index (χ0) is 14.0. The van der Waals surface area contributed by atoms with Crippen LogP contribution in [0, 0.1) is 10.8 Å². The molecule has 1 fully saturated rings. The SMILES string of the molecule is CCC(O)(CC)CC1(C(=O)O)CCC(C)(C)CC1.